The Morgan fingerprint density at radius 2 is 2.45 bits per heavy atom. The number of fused-ring (bicyclic) bond motifs is 1. The number of amides is 1. The van der Waals surface area contributed by atoms with E-state index in [2.05, 4.69) is 6.42 Å². The molecule has 0 saturated carbocycles. The summed E-state index contributed by atoms with van der Waals surface area (Å²) in [6, 6.07) is 0. The summed E-state index contributed by atoms with van der Waals surface area (Å²) in [7, 11) is 0. The lowest BCUT2D eigenvalue weighted by molar-refractivity contribution is 0.1000. The second-order valence-electron chi connectivity index (χ2n) is 2.52. The topological polar surface area (TPSA) is 43.1 Å². The lowest BCUT2D eigenvalue weighted by Crippen LogP contribution is -2.11. The molecule has 1 aliphatic carbocycles. The lowest BCUT2D eigenvalue weighted by Gasteiger charge is -1.92. The molecule has 0 atom stereocenters. The molecule has 1 aromatic heterocycles. The van der Waals surface area contributed by atoms with Crippen LogP contribution in [0.4, 0.5) is 0 Å². The van der Waals surface area contributed by atoms with Gasteiger partial charge < -0.3 is 5.73 Å². The molecule has 0 spiro atoms. The van der Waals surface area contributed by atoms with Crippen molar-refractivity contribution in [3.05, 3.63) is 27.8 Å². The van der Waals surface area contributed by atoms with Crippen LogP contribution in [-0.4, -0.2) is 5.91 Å². The molecule has 2 rings (SSSR count). The molecule has 0 fully saturated rings. The Morgan fingerprint density at radius 3 is 3.18 bits per heavy atom. The molecule has 56 valence electrons. The highest BCUT2D eigenvalue weighted by Crippen LogP contribution is 2.30. The van der Waals surface area contributed by atoms with Crippen molar-refractivity contribution in [2.45, 2.75) is 12.8 Å². The summed E-state index contributed by atoms with van der Waals surface area (Å²) >= 11 is 1.60. The fourth-order valence-corrected chi connectivity index (χ4v) is 2.30. The van der Waals surface area contributed by atoms with Crippen LogP contribution in [0.1, 0.15) is 20.8 Å². The number of primary amides is 1. The summed E-state index contributed by atoms with van der Waals surface area (Å²) in [5.74, 6) is -0.314. The third-order valence-electron chi connectivity index (χ3n) is 1.83. The molecule has 0 saturated heterocycles. The first-order valence-corrected chi connectivity index (χ1v) is 4.27. The van der Waals surface area contributed by atoms with Crippen LogP contribution in [0.5, 0.6) is 0 Å². The molecule has 0 aliphatic heterocycles. The molecule has 11 heavy (non-hydrogen) atoms. The lowest BCUT2D eigenvalue weighted by atomic mass is 10.1. The average Bonchev–Trinajstić information content (AvgIpc) is 2.41. The maximum Gasteiger partial charge on any atom is 0.249 e. The van der Waals surface area contributed by atoms with Crippen LogP contribution in [-0.2, 0) is 12.8 Å². The summed E-state index contributed by atoms with van der Waals surface area (Å²) in [4.78, 5) is 12.1. The van der Waals surface area contributed by atoms with Crippen LogP contribution in [0.3, 0.4) is 0 Å². The standard InChI is InChI=1S/C8H7NOS/c9-8(10)6-4-11-7-3-1-2-5(6)7/h4H,2-3H2,(H2,9,10). The van der Waals surface area contributed by atoms with Gasteiger partial charge in [0.15, 0.2) is 0 Å². The summed E-state index contributed by atoms with van der Waals surface area (Å²) < 4.78 is 0. The van der Waals surface area contributed by atoms with Gasteiger partial charge >= 0.3 is 0 Å². The zero-order valence-corrected chi connectivity index (χ0v) is 6.70. The van der Waals surface area contributed by atoms with Gasteiger partial charge in [-0.3, -0.25) is 4.79 Å². The van der Waals surface area contributed by atoms with Crippen molar-refractivity contribution < 1.29 is 4.79 Å². The Morgan fingerprint density at radius 1 is 1.64 bits per heavy atom. The molecular weight excluding hydrogens is 158 g/mol. The van der Waals surface area contributed by atoms with Crippen LogP contribution in [0.2, 0.25) is 0 Å². The van der Waals surface area contributed by atoms with Gasteiger partial charge in [0.2, 0.25) is 5.91 Å². The molecule has 2 N–H and O–H groups in total. The molecule has 1 amide bonds. The first-order valence-electron chi connectivity index (χ1n) is 3.39. The average molecular weight is 165 g/mol. The van der Waals surface area contributed by atoms with E-state index in [4.69, 9.17) is 5.73 Å². The monoisotopic (exact) mass is 165 g/mol. The Balaban J connectivity index is 2.50. The van der Waals surface area contributed by atoms with Crippen molar-refractivity contribution >= 4 is 17.2 Å². The number of carbonyl (C=O) groups is 1. The van der Waals surface area contributed by atoms with Gasteiger partial charge in [-0.1, -0.05) is 0 Å². The predicted octanol–water partition coefficient (Wildman–Crippen LogP) is 1.03. The van der Waals surface area contributed by atoms with Crippen molar-refractivity contribution in [2.75, 3.05) is 0 Å². The van der Waals surface area contributed by atoms with Gasteiger partial charge in [-0.15, -0.1) is 11.3 Å². The molecule has 1 heterocycles. The van der Waals surface area contributed by atoms with Gasteiger partial charge in [-0.2, -0.15) is 0 Å². The normalized spacial score (nSPS) is 14.9. The van der Waals surface area contributed by atoms with Crippen LogP contribution in [0.15, 0.2) is 5.38 Å². The summed E-state index contributed by atoms with van der Waals surface area (Å²) in [5, 5.41) is 1.84. The Hall–Kier alpha value is -0.830. The van der Waals surface area contributed by atoms with Crippen molar-refractivity contribution in [3.63, 3.8) is 0 Å². The third kappa shape index (κ3) is 0.959. The minimum absolute atomic E-state index is 0.314. The number of hydrogen-bond donors (Lipinski definition) is 1. The molecule has 0 aromatic carbocycles. The van der Waals surface area contributed by atoms with E-state index in [9.17, 15) is 4.79 Å². The van der Waals surface area contributed by atoms with Gasteiger partial charge in [-0.05, 0) is 24.8 Å². The van der Waals surface area contributed by atoms with E-state index >= 15 is 0 Å². The van der Waals surface area contributed by atoms with Gasteiger partial charge in [0, 0.05) is 10.3 Å². The Bertz CT molecular complexity index is 303. The van der Waals surface area contributed by atoms with Crippen molar-refractivity contribution in [1.82, 2.24) is 0 Å². The number of nitrogens with two attached hydrogens (primary N) is 1. The van der Waals surface area contributed by atoms with E-state index in [-0.39, 0.29) is 5.91 Å². The highest BCUT2D eigenvalue weighted by Gasteiger charge is 2.19. The first-order chi connectivity index (χ1) is 5.29. The Kier molecular flexibility index (Phi) is 1.46. The maximum atomic E-state index is 10.8. The molecule has 1 aromatic rings. The number of carbonyl (C=O) groups excluding carboxylic acids is 1. The van der Waals surface area contributed by atoms with Crippen LogP contribution in [0, 0.1) is 6.42 Å². The van der Waals surface area contributed by atoms with Crippen LogP contribution >= 0.6 is 11.3 Å². The number of rotatable bonds is 1. The zero-order valence-electron chi connectivity index (χ0n) is 5.89. The first kappa shape index (κ1) is 6.85. The molecule has 2 radical (unpaired) electrons. The molecule has 1 aliphatic rings. The maximum absolute atomic E-state index is 10.8. The molecular formula is C8H7NOS. The van der Waals surface area contributed by atoms with Crippen LogP contribution < -0.4 is 5.73 Å². The SMILES string of the molecule is NC(=O)c1csc2c1C[C]C2. The highest BCUT2D eigenvalue weighted by atomic mass is 32.1. The van der Waals surface area contributed by atoms with Crippen LogP contribution in [0.25, 0.3) is 0 Å². The minimum Gasteiger partial charge on any atom is -0.366 e. The molecule has 2 nitrogen and oxygen atoms in total. The second kappa shape index (κ2) is 2.34. The zero-order chi connectivity index (χ0) is 7.84. The third-order valence-corrected chi connectivity index (χ3v) is 2.86. The van der Waals surface area contributed by atoms with Crippen molar-refractivity contribution in [2.24, 2.45) is 5.73 Å². The largest absolute Gasteiger partial charge is 0.366 e. The van der Waals surface area contributed by atoms with Gasteiger partial charge in [0.25, 0.3) is 0 Å². The van der Waals surface area contributed by atoms with E-state index < -0.39 is 0 Å². The van der Waals surface area contributed by atoms with E-state index in [1.54, 1.807) is 11.3 Å². The Labute approximate surface area is 69.0 Å². The van der Waals surface area contributed by atoms with Crippen molar-refractivity contribution in [1.29, 1.82) is 0 Å². The summed E-state index contributed by atoms with van der Waals surface area (Å²) in [6.45, 7) is 0. The van der Waals surface area contributed by atoms with Gasteiger partial charge in [0.1, 0.15) is 0 Å². The fraction of sp³-hybridized carbons (Fsp3) is 0.250. The van der Waals surface area contributed by atoms with E-state index in [0.29, 0.717) is 5.56 Å². The number of thiophene rings is 1. The molecule has 0 unspecified atom stereocenters. The van der Waals surface area contributed by atoms with Gasteiger partial charge in [-0.25, -0.2) is 0 Å². The smallest absolute Gasteiger partial charge is 0.249 e. The quantitative estimate of drug-likeness (QED) is 0.663. The van der Waals surface area contributed by atoms with Gasteiger partial charge in [0.05, 0.1) is 5.56 Å². The second-order valence-corrected chi connectivity index (χ2v) is 3.48. The summed E-state index contributed by atoms with van der Waals surface area (Å²) in [5.41, 5.74) is 6.96. The summed E-state index contributed by atoms with van der Waals surface area (Å²) in [6.07, 6.45) is 4.84. The molecule has 0 bridgehead atoms. The van der Waals surface area contributed by atoms with E-state index in [0.717, 1.165) is 18.4 Å². The highest BCUT2D eigenvalue weighted by molar-refractivity contribution is 7.10. The van der Waals surface area contributed by atoms with E-state index in [1.165, 1.54) is 4.88 Å². The predicted molar refractivity (Wildman–Crippen MR) is 43.5 cm³/mol. The fourth-order valence-electron chi connectivity index (χ4n) is 1.27. The number of hydrogen-bond acceptors (Lipinski definition) is 2. The van der Waals surface area contributed by atoms with E-state index in [1.807, 2.05) is 5.38 Å². The van der Waals surface area contributed by atoms with Crippen molar-refractivity contribution in [3.8, 4) is 0 Å². The minimum atomic E-state index is -0.314. The molecule has 3 heteroatoms.